The summed E-state index contributed by atoms with van der Waals surface area (Å²) in [6.07, 6.45) is -4.56. The number of halogens is 3. The Morgan fingerprint density at radius 3 is 2.46 bits per heavy atom. The molecule has 0 radical (unpaired) electrons. The minimum atomic E-state index is -4.56. The van der Waals surface area contributed by atoms with Gasteiger partial charge >= 0.3 is 6.18 Å². The quantitative estimate of drug-likeness (QED) is 0.628. The molecule has 24 heavy (non-hydrogen) atoms. The second-order valence-corrected chi connectivity index (χ2v) is 5.53. The number of aromatic nitrogens is 1. The molecule has 0 saturated heterocycles. The van der Waals surface area contributed by atoms with Crippen LogP contribution in [-0.4, -0.2) is 10.9 Å². The molecule has 0 atom stereocenters. The molecule has 122 valence electrons. The first-order valence-electron chi connectivity index (χ1n) is 6.96. The minimum Gasteiger partial charge on any atom is -0.346 e. The third-order valence-electron chi connectivity index (χ3n) is 3.48. The number of H-pyrrole nitrogens is 1. The molecule has 7 heteroatoms. The molecule has 0 spiro atoms. The van der Waals surface area contributed by atoms with Crippen LogP contribution in [-0.2, 0) is 6.18 Å². The fraction of sp³-hybridized carbons (Fsp3) is 0.0588. The molecule has 0 bridgehead atoms. The van der Waals surface area contributed by atoms with E-state index in [9.17, 15) is 18.0 Å². The summed E-state index contributed by atoms with van der Waals surface area (Å²) in [5, 5.41) is 2.91. The SMILES string of the molecule is O=C(Nc1ccccc1C(F)(F)F)c1cc(=S)[nH]c2ccccc12. The standard InChI is InChI=1S/C17H11F3N2OS/c18-17(19,20)12-6-2-4-8-14(12)22-16(23)11-9-15(24)21-13-7-3-1-5-10(11)13/h1-9H,(H,21,24)(H,22,23). The Morgan fingerprint density at radius 1 is 1.04 bits per heavy atom. The second-order valence-electron chi connectivity index (χ2n) is 5.09. The highest BCUT2D eigenvalue weighted by molar-refractivity contribution is 7.71. The first-order valence-corrected chi connectivity index (χ1v) is 7.37. The average Bonchev–Trinajstić information content (AvgIpc) is 2.53. The highest BCUT2D eigenvalue weighted by Gasteiger charge is 2.33. The van der Waals surface area contributed by atoms with Crippen LogP contribution in [0.25, 0.3) is 10.9 Å². The van der Waals surface area contributed by atoms with Gasteiger partial charge in [0, 0.05) is 10.9 Å². The maximum Gasteiger partial charge on any atom is 0.418 e. The first-order chi connectivity index (χ1) is 11.4. The van der Waals surface area contributed by atoms with E-state index >= 15 is 0 Å². The third kappa shape index (κ3) is 3.16. The van der Waals surface area contributed by atoms with Gasteiger partial charge in [0.1, 0.15) is 4.64 Å². The van der Waals surface area contributed by atoms with Gasteiger partial charge in [-0.25, -0.2) is 0 Å². The number of nitrogens with one attached hydrogen (secondary N) is 2. The van der Waals surface area contributed by atoms with E-state index in [1.54, 1.807) is 24.3 Å². The summed E-state index contributed by atoms with van der Waals surface area (Å²) in [6, 6.07) is 13.2. The molecule has 2 N–H and O–H groups in total. The molecule has 0 fully saturated rings. The number of alkyl halides is 3. The molecular weight excluding hydrogens is 337 g/mol. The summed E-state index contributed by atoms with van der Waals surface area (Å²) in [4.78, 5) is 15.5. The van der Waals surface area contributed by atoms with E-state index < -0.39 is 17.6 Å². The van der Waals surface area contributed by atoms with Crippen LogP contribution in [0.1, 0.15) is 15.9 Å². The number of benzene rings is 2. The van der Waals surface area contributed by atoms with Crippen molar-refractivity contribution in [3.8, 4) is 0 Å². The van der Waals surface area contributed by atoms with Gasteiger partial charge in [-0.15, -0.1) is 0 Å². The lowest BCUT2D eigenvalue weighted by molar-refractivity contribution is -0.136. The van der Waals surface area contributed by atoms with E-state index in [1.165, 1.54) is 24.3 Å². The monoisotopic (exact) mass is 348 g/mol. The fourth-order valence-corrected chi connectivity index (χ4v) is 2.65. The van der Waals surface area contributed by atoms with Crippen LogP contribution in [0.4, 0.5) is 18.9 Å². The van der Waals surface area contributed by atoms with Crippen LogP contribution in [0.5, 0.6) is 0 Å². The van der Waals surface area contributed by atoms with Crippen molar-refractivity contribution >= 4 is 34.7 Å². The zero-order valence-corrected chi connectivity index (χ0v) is 13.0. The maximum atomic E-state index is 13.0. The Bertz CT molecular complexity index is 979. The summed E-state index contributed by atoms with van der Waals surface area (Å²) in [7, 11) is 0. The lowest BCUT2D eigenvalue weighted by Gasteiger charge is -2.14. The van der Waals surface area contributed by atoms with Gasteiger partial charge in [-0.3, -0.25) is 4.79 Å². The number of amides is 1. The van der Waals surface area contributed by atoms with Crippen molar-refractivity contribution in [3.63, 3.8) is 0 Å². The molecule has 3 aromatic rings. The number of fused-ring (bicyclic) bond motifs is 1. The van der Waals surface area contributed by atoms with E-state index in [-0.39, 0.29) is 11.3 Å². The normalized spacial score (nSPS) is 11.5. The largest absolute Gasteiger partial charge is 0.418 e. The topological polar surface area (TPSA) is 44.9 Å². The molecule has 0 aliphatic rings. The van der Waals surface area contributed by atoms with Crippen LogP contribution in [0.2, 0.25) is 0 Å². The molecule has 3 rings (SSSR count). The zero-order valence-electron chi connectivity index (χ0n) is 12.1. The highest BCUT2D eigenvalue weighted by Crippen LogP contribution is 2.34. The lowest BCUT2D eigenvalue weighted by atomic mass is 10.1. The predicted octanol–water partition coefficient (Wildman–Crippen LogP) is 5.17. The highest BCUT2D eigenvalue weighted by atomic mass is 32.1. The maximum absolute atomic E-state index is 13.0. The van der Waals surface area contributed by atoms with E-state index in [0.29, 0.717) is 15.5 Å². The van der Waals surface area contributed by atoms with Crippen LogP contribution in [0.3, 0.4) is 0 Å². The zero-order chi connectivity index (χ0) is 17.3. The minimum absolute atomic E-state index is 0.214. The van der Waals surface area contributed by atoms with Crippen molar-refractivity contribution in [2.45, 2.75) is 6.18 Å². The van der Waals surface area contributed by atoms with Crippen LogP contribution in [0, 0.1) is 4.64 Å². The molecule has 0 unspecified atom stereocenters. The van der Waals surface area contributed by atoms with Crippen LogP contribution >= 0.6 is 12.2 Å². The van der Waals surface area contributed by atoms with Gasteiger partial charge in [0.25, 0.3) is 5.91 Å². The van der Waals surface area contributed by atoms with Gasteiger partial charge in [0.2, 0.25) is 0 Å². The molecule has 3 nitrogen and oxygen atoms in total. The molecule has 1 heterocycles. The van der Waals surface area contributed by atoms with Crippen molar-refractivity contribution in [1.29, 1.82) is 0 Å². The number of anilines is 1. The Balaban J connectivity index is 2.05. The molecule has 1 amide bonds. The lowest BCUT2D eigenvalue weighted by Crippen LogP contribution is -2.17. The van der Waals surface area contributed by atoms with Crippen LogP contribution < -0.4 is 5.32 Å². The molecule has 1 aromatic heterocycles. The molecule has 2 aromatic carbocycles. The number of carbonyl (C=O) groups is 1. The smallest absolute Gasteiger partial charge is 0.346 e. The van der Waals surface area contributed by atoms with Gasteiger partial charge in [-0.05, 0) is 24.3 Å². The van der Waals surface area contributed by atoms with Crippen molar-refractivity contribution in [2.24, 2.45) is 0 Å². The average molecular weight is 348 g/mol. The van der Waals surface area contributed by atoms with E-state index in [4.69, 9.17) is 12.2 Å². The van der Waals surface area contributed by atoms with Gasteiger partial charge in [0.05, 0.1) is 16.8 Å². The molecule has 0 saturated carbocycles. The number of aromatic amines is 1. The third-order valence-corrected chi connectivity index (χ3v) is 3.70. The number of hydrogen-bond acceptors (Lipinski definition) is 2. The molecular formula is C17H11F3N2OS. The summed E-state index contributed by atoms with van der Waals surface area (Å²) in [5.74, 6) is -0.650. The number of para-hydroxylation sites is 2. The number of carbonyl (C=O) groups excluding carboxylic acids is 1. The van der Waals surface area contributed by atoms with Crippen LogP contribution in [0.15, 0.2) is 54.6 Å². The van der Waals surface area contributed by atoms with Gasteiger partial charge in [0.15, 0.2) is 0 Å². The van der Waals surface area contributed by atoms with Gasteiger partial charge in [-0.2, -0.15) is 13.2 Å². The molecule has 0 aliphatic carbocycles. The predicted molar refractivity (Wildman–Crippen MR) is 88.5 cm³/mol. The van der Waals surface area contributed by atoms with Gasteiger partial charge in [-0.1, -0.05) is 42.5 Å². The van der Waals surface area contributed by atoms with Crippen molar-refractivity contribution < 1.29 is 18.0 Å². The second kappa shape index (κ2) is 6.09. The summed E-state index contributed by atoms with van der Waals surface area (Å²) >= 11 is 5.08. The van der Waals surface area contributed by atoms with E-state index in [2.05, 4.69) is 10.3 Å². The number of rotatable bonds is 2. The van der Waals surface area contributed by atoms with Crippen molar-refractivity contribution in [1.82, 2.24) is 4.98 Å². The number of pyridine rings is 1. The Hall–Kier alpha value is -2.67. The van der Waals surface area contributed by atoms with Crippen molar-refractivity contribution in [2.75, 3.05) is 5.32 Å². The fourth-order valence-electron chi connectivity index (χ4n) is 2.42. The molecule has 0 aliphatic heterocycles. The summed E-state index contributed by atoms with van der Waals surface area (Å²) in [6.45, 7) is 0. The summed E-state index contributed by atoms with van der Waals surface area (Å²) in [5.41, 5.74) is -0.341. The Labute approximate surface area is 140 Å². The van der Waals surface area contributed by atoms with Crippen molar-refractivity contribution in [3.05, 3.63) is 70.4 Å². The Morgan fingerprint density at radius 2 is 1.71 bits per heavy atom. The van der Waals surface area contributed by atoms with E-state index in [0.717, 1.165) is 6.07 Å². The summed E-state index contributed by atoms with van der Waals surface area (Å²) < 4.78 is 39.5. The van der Waals surface area contributed by atoms with Gasteiger partial charge < -0.3 is 10.3 Å². The number of hydrogen-bond donors (Lipinski definition) is 2. The first kappa shape index (κ1) is 16.2. The Kier molecular flexibility index (Phi) is 4.11. The van der Waals surface area contributed by atoms with E-state index in [1.807, 2.05) is 0 Å².